The number of aromatic nitrogens is 1. The van der Waals surface area contributed by atoms with Crippen molar-refractivity contribution in [1.29, 1.82) is 0 Å². The summed E-state index contributed by atoms with van der Waals surface area (Å²) in [5.41, 5.74) is 0.538. The van der Waals surface area contributed by atoms with E-state index in [1.807, 2.05) is 0 Å². The fourth-order valence-electron chi connectivity index (χ4n) is 2.41. The van der Waals surface area contributed by atoms with Crippen LogP contribution in [0, 0.1) is 5.92 Å². The average molecular weight is 298 g/mol. The van der Waals surface area contributed by atoms with E-state index in [0.29, 0.717) is 29.2 Å². The van der Waals surface area contributed by atoms with Crippen LogP contribution in [0.4, 0.5) is 0 Å². The number of nitrogens with zero attached hydrogens (tertiary/aromatic N) is 2. The molecule has 0 bridgehead atoms. The number of hydrogen-bond acceptors (Lipinski definition) is 3. The van der Waals surface area contributed by atoms with E-state index in [1.54, 1.807) is 12.1 Å². The standard InChI is InChI=1S/C15H24ClN3O/c1-5-11(6-2)13(19(3)4)10-18-15(20)12-7-8-14(16)17-9-12/h7-9,11,13H,5-6,10H2,1-4H3,(H,18,20). The first-order chi connectivity index (χ1) is 9.49. The van der Waals surface area contributed by atoms with Crippen molar-refractivity contribution in [3.8, 4) is 0 Å². The molecule has 1 heterocycles. The molecule has 1 rings (SSSR count). The fraction of sp³-hybridized carbons (Fsp3) is 0.600. The summed E-state index contributed by atoms with van der Waals surface area (Å²) in [6.45, 7) is 5.02. The van der Waals surface area contributed by atoms with Gasteiger partial charge >= 0.3 is 0 Å². The van der Waals surface area contributed by atoms with Crippen molar-refractivity contribution in [1.82, 2.24) is 15.2 Å². The van der Waals surface area contributed by atoms with Gasteiger partial charge in [0.15, 0.2) is 0 Å². The van der Waals surface area contributed by atoms with E-state index in [1.165, 1.54) is 6.20 Å². The number of pyridine rings is 1. The van der Waals surface area contributed by atoms with Crippen LogP contribution in [-0.2, 0) is 0 Å². The van der Waals surface area contributed by atoms with E-state index >= 15 is 0 Å². The first-order valence-electron chi connectivity index (χ1n) is 7.05. The third-order valence-corrected chi connectivity index (χ3v) is 3.94. The lowest BCUT2D eigenvalue weighted by Gasteiger charge is -2.31. The Morgan fingerprint density at radius 3 is 2.45 bits per heavy atom. The van der Waals surface area contributed by atoms with Crippen LogP contribution in [-0.4, -0.2) is 42.5 Å². The van der Waals surface area contributed by atoms with Crippen molar-refractivity contribution in [2.45, 2.75) is 32.7 Å². The zero-order valence-corrected chi connectivity index (χ0v) is 13.4. The Bertz CT molecular complexity index is 416. The maximum absolute atomic E-state index is 12.1. The molecule has 0 spiro atoms. The predicted molar refractivity (Wildman–Crippen MR) is 83.1 cm³/mol. The monoisotopic (exact) mass is 297 g/mol. The van der Waals surface area contributed by atoms with E-state index in [9.17, 15) is 4.79 Å². The molecular weight excluding hydrogens is 274 g/mol. The highest BCUT2D eigenvalue weighted by Crippen LogP contribution is 2.16. The summed E-state index contributed by atoms with van der Waals surface area (Å²) in [5, 5.41) is 3.38. The summed E-state index contributed by atoms with van der Waals surface area (Å²) in [4.78, 5) is 18.2. The van der Waals surface area contributed by atoms with Crippen LogP contribution in [0.2, 0.25) is 5.15 Å². The highest BCUT2D eigenvalue weighted by atomic mass is 35.5. The summed E-state index contributed by atoms with van der Waals surface area (Å²) < 4.78 is 0. The number of rotatable bonds is 7. The first kappa shape index (κ1) is 16.9. The molecule has 0 aliphatic rings. The molecule has 1 amide bonds. The van der Waals surface area contributed by atoms with Crippen LogP contribution in [0.3, 0.4) is 0 Å². The van der Waals surface area contributed by atoms with Crippen LogP contribution in [0.1, 0.15) is 37.0 Å². The number of hydrogen-bond donors (Lipinski definition) is 1. The minimum Gasteiger partial charge on any atom is -0.350 e. The normalized spacial score (nSPS) is 12.8. The third-order valence-electron chi connectivity index (χ3n) is 3.72. The van der Waals surface area contributed by atoms with Gasteiger partial charge in [0.25, 0.3) is 5.91 Å². The molecule has 1 atom stereocenters. The molecule has 0 saturated carbocycles. The number of likely N-dealkylation sites (N-methyl/N-ethyl adjacent to an activating group) is 1. The Labute approximate surface area is 126 Å². The van der Waals surface area contributed by atoms with Crippen LogP contribution in [0.5, 0.6) is 0 Å². The minimum atomic E-state index is -0.105. The fourth-order valence-corrected chi connectivity index (χ4v) is 2.52. The van der Waals surface area contributed by atoms with Crippen LogP contribution < -0.4 is 5.32 Å². The molecule has 0 aliphatic carbocycles. The van der Waals surface area contributed by atoms with Gasteiger partial charge < -0.3 is 10.2 Å². The van der Waals surface area contributed by atoms with E-state index in [0.717, 1.165) is 12.8 Å². The Morgan fingerprint density at radius 1 is 1.35 bits per heavy atom. The molecule has 112 valence electrons. The lowest BCUT2D eigenvalue weighted by Crippen LogP contribution is -2.44. The maximum Gasteiger partial charge on any atom is 0.252 e. The van der Waals surface area contributed by atoms with Crippen LogP contribution in [0.15, 0.2) is 18.3 Å². The minimum absolute atomic E-state index is 0.105. The number of amides is 1. The van der Waals surface area contributed by atoms with Gasteiger partial charge in [-0.05, 0) is 32.1 Å². The molecule has 0 fully saturated rings. The Hall–Kier alpha value is -1.13. The van der Waals surface area contributed by atoms with Crippen molar-refractivity contribution in [3.63, 3.8) is 0 Å². The molecule has 0 aromatic carbocycles. The van der Waals surface area contributed by atoms with Gasteiger partial charge in [-0.25, -0.2) is 4.98 Å². The number of nitrogens with one attached hydrogen (secondary N) is 1. The highest BCUT2D eigenvalue weighted by molar-refractivity contribution is 6.29. The zero-order valence-electron chi connectivity index (χ0n) is 12.7. The molecular formula is C15H24ClN3O. The van der Waals surface area contributed by atoms with E-state index in [-0.39, 0.29) is 5.91 Å². The quantitative estimate of drug-likeness (QED) is 0.787. The lowest BCUT2D eigenvalue weighted by molar-refractivity contribution is 0.0928. The van der Waals surface area contributed by atoms with Gasteiger partial charge in [-0.2, -0.15) is 0 Å². The number of carbonyl (C=O) groups is 1. The second kappa shape index (κ2) is 8.22. The summed E-state index contributed by atoms with van der Waals surface area (Å²) in [6, 6.07) is 3.65. The van der Waals surface area contributed by atoms with Crippen molar-refractivity contribution < 1.29 is 4.79 Å². The van der Waals surface area contributed by atoms with Gasteiger partial charge in [0.2, 0.25) is 0 Å². The molecule has 4 nitrogen and oxygen atoms in total. The predicted octanol–water partition coefficient (Wildman–Crippen LogP) is 2.83. The molecule has 5 heteroatoms. The Balaban J connectivity index is 2.63. The summed E-state index contributed by atoms with van der Waals surface area (Å²) >= 11 is 5.72. The molecule has 0 aliphatic heterocycles. The van der Waals surface area contributed by atoms with Crippen molar-refractivity contribution in [2.24, 2.45) is 5.92 Å². The number of carbonyl (C=O) groups excluding carboxylic acids is 1. The largest absolute Gasteiger partial charge is 0.350 e. The highest BCUT2D eigenvalue weighted by Gasteiger charge is 2.21. The molecule has 0 saturated heterocycles. The molecule has 1 aromatic rings. The molecule has 1 unspecified atom stereocenters. The summed E-state index contributed by atoms with van der Waals surface area (Å²) in [5.74, 6) is 0.473. The second-order valence-corrected chi connectivity index (χ2v) is 5.57. The van der Waals surface area contributed by atoms with E-state index < -0.39 is 0 Å². The second-order valence-electron chi connectivity index (χ2n) is 5.19. The average Bonchev–Trinajstić information content (AvgIpc) is 2.43. The Kier molecular flexibility index (Phi) is 6.96. The first-order valence-corrected chi connectivity index (χ1v) is 7.43. The van der Waals surface area contributed by atoms with Crippen LogP contribution >= 0.6 is 11.6 Å². The molecule has 1 aromatic heterocycles. The Morgan fingerprint density at radius 2 is 2.00 bits per heavy atom. The maximum atomic E-state index is 12.1. The van der Waals surface area contributed by atoms with Gasteiger partial charge in [0.05, 0.1) is 5.56 Å². The van der Waals surface area contributed by atoms with Gasteiger partial charge in [-0.15, -0.1) is 0 Å². The molecule has 0 radical (unpaired) electrons. The van der Waals surface area contributed by atoms with Crippen LogP contribution in [0.25, 0.3) is 0 Å². The van der Waals surface area contributed by atoms with Crippen molar-refractivity contribution >= 4 is 17.5 Å². The summed E-state index contributed by atoms with van der Waals surface area (Å²) in [6.07, 6.45) is 3.72. The third kappa shape index (κ3) is 4.76. The van der Waals surface area contributed by atoms with Gasteiger partial charge in [-0.3, -0.25) is 4.79 Å². The number of halogens is 1. The topological polar surface area (TPSA) is 45.2 Å². The molecule has 1 N–H and O–H groups in total. The van der Waals surface area contributed by atoms with E-state index in [2.05, 4.69) is 43.1 Å². The van der Waals surface area contributed by atoms with Crippen molar-refractivity contribution in [3.05, 3.63) is 29.0 Å². The smallest absolute Gasteiger partial charge is 0.252 e. The SMILES string of the molecule is CCC(CC)C(CNC(=O)c1ccc(Cl)nc1)N(C)C. The lowest BCUT2D eigenvalue weighted by atomic mass is 9.93. The summed E-state index contributed by atoms with van der Waals surface area (Å²) in [7, 11) is 4.11. The van der Waals surface area contributed by atoms with Gasteiger partial charge in [-0.1, -0.05) is 38.3 Å². The van der Waals surface area contributed by atoms with Gasteiger partial charge in [0.1, 0.15) is 5.15 Å². The van der Waals surface area contributed by atoms with E-state index in [4.69, 9.17) is 11.6 Å². The van der Waals surface area contributed by atoms with Crippen molar-refractivity contribution in [2.75, 3.05) is 20.6 Å². The molecule has 20 heavy (non-hydrogen) atoms. The van der Waals surface area contributed by atoms with Gasteiger partial charge in [0, 0.05) is 18.8 Å². The zero-order chi connectivity index (χ0) is 15.1.